The van der Waals surface area contributed by atoms with Gasteiger partial charge in [-0.1, -0.05) is 245 Å². The Morgan fingerprint density at radius 2 is 0.839 bits per heavy atom. The van der Waals surface area contributed by atoms with Gasteiger partial charge in [0.1, 0.15) is 19.8 Å². The van der Waals surface area contributed by atoms with Crippen molar-refractivity contribution in [3.05, 3.63) is 12.3 Å². The molecule has 62 heavy (non-hydrogen) atoms. The monoisotopic (exact) mass is 900 g/mol. The number of rotatable bonds is 51. The number of carbonyl (C=O) groups excluding carboxylic acids is 1. The van der Waals surface area contributed by atoms with Gasteiger partial charge >= 0.3 is 5.97 Å². The van der Waals surface area contributed by atoms with Gasteiger partial charge < -0.3 is 27.9 Å². The van der Waals surface area contributed by atoms with Crippen LogP contribution in [0.3, 0.4) is 0 Å². The average Bonchev–Trinajstić information content (AvgIpc) is 3.23. The molecule has 9 heteroatoms. The summed E-state index contributed by atoms with van der Waals surface area (Å²) in [5.41, 5.74) is 0. The van der Waals surface area contributed by atoms with Gasteiger partial charge in [-0.25, -0.2) is 0 Å². The number of nitrogens with zero attached hydrogens (tertiary/aromatic N) is 1. The van der Waals surface area contributed by atoms with Crippen molar-refractivity contribution in [2.45, 2.75) is 277 Å². The van der Waals surface area contributed by atoms with Crippen LogP contribution in [0.4, 0.5) is 0 Å². The smallest absolute Gasteiger partial charge is 0.306 e. The molecule has 2 atom stereocenters. The molecule has 370 valence electrons. The van der Waals surface area contributed by atoms with Crippen molar-refractivity contribution < 1.29 is 37.3 Å². The number of hydrogen-bond acceptors (Lipinski definition) is 7. The predicted molar refractivity (Wildman–Crippen MR) is 263 cm³/mol. The van der Waals surface area contributed by atoms with E-state index >= 15 is 0 Å². The van der Waals surface area contributed by atoms with E-state index < -0.39 is 13.9 Å². The highest BCUT2D eigenvalue weighted by Gasteiger charge is 2.20. The molecule has 0 aromatic rings. The number of esters is 1. The van der Waals surface area contributed by atoms with Crippen molar-refractivity contribution in [2.75, 3.05) is 47.5 Å². The summed E-state index contributed by atoms with van der Waals surface area (Å²) in [7, 11) is 1.34. The highest BCUT2D eigenvalue weighted by atomic mass is 31.2. The summed E-state index contributed by atoms with van der Waals surface area (Å²) in [4.78, 5) is 25.2. The van der Waals surface area contributed by atoms with E-state index in [9.17, 15) is 14.3 Å². The van der Waals surface area contributed by atoms with E-state index in [1.807, 2.05) is 27.2 Å². The number of allylic oxidation sites excluding steroid dienone is 1. The molecule has 0 aliphatic rings. The third kappa shape index (κ3) is 50.1. The zero-order chi connectivity index (χ0) is 45.5. The zero-order valence-electron chi connectivity index (χ0n) is 42.1. The van der Waals surface area contributed by atoms with Crippen LogP contribution in [0.5, 0.6) is 0 Å². The fourth-order valence-corrected chi connectivity index (χ4v) is 8.72. The Hall–Kier alpha value is -0.920. The minimum absolute atomic E-state index is 0.0207. The Morgan fingerprint density at radius 1 is 0.500 bits per heavy atom. The van der Waals surface area contributed by atoms with E-state index in [0.717, 1.165) is 32.1 Å². The lowest BCUT2D eigenvalue weighted by molar-refractivity contribution is -0.870. The standard InChI is InChI=1S/C53H106NO7P/c1-6-8-10-12-14-16-18-20-22-24-26-27-28-29-30-32-34-36-38-40-42-44-46-53(55)61-52(51-60-62(56,57)59-49-47-54(3,4)5)50-58-48-45-43-41-39-37-35-33-31-25-23-21-19-17-15-13-11-9-7-2/h45,48,52H,6-44,46-47,49-51H2,1-5H3/b48-45+/t52-/m1/s1. The molecule has 0 aromatic carbocycles. The minimum Gasteiger partial charge on any atom is -0.756 e. The van der Waals surface area contributed by atoms with Gasteiger partial charge in [0.05, 0.1) is 34.0 Å². The predicted octanol–water partition coefficient (Wildman–Crippen LogP) is 16.3. The van der Waals surface area contributed by atoms with Crippen LogP contribution < -0.4 is 4.89 Å². The summed E-state index contributed by atoms with van der Waals surface area (Å²) in [6, 6.07) is 0. The number of likely N-dealkylation sites (N-methyl/N-ethyl adjacent to an activating group) is 1. The Balaban J connectivity index is 4.10. The van der Waals surface area contributed by atoms with E-state index in [0.29, 0.717) is 17.4 Å². The van der Waals surface area contributed by atoms with E-state index in [-0.39, 0.29) is 25.8 Å². The first-order valence-corrected chi connectivity index (χ1v) is 28.4. The summed E-state index contributed by atoms with van der Waals surface area (Å²) in [5.74, 6) is -0.348. The van der Waals surface area contributed by atoms with E-state index in [1.54, 1.807) is 6.26 Å². The highest BCUT2D eigenvalue weighted by molar-refractivity contribution is 7.45. The summed E-state index contributed by atoms with van der Waals surface area (Å²) in [5, 5.41) is 0. The molecule has 0 amide bonds. The van der Waals surface area contributed by atoms with Crippen LogP contribution in [0.25, 0.3) is 0 Å². The number of unbranched alkanes of at least 4 members (excludes halogenated alkanes) is 37. The van der Waals surface area contributed by atoms with Crippen LogP contribution in [0, 0.1) is 0 Å². The second kappa shape index (κ2) is 46.6. The van der Waals surface area contributed by atoms with E-state index in [4.69, 9.17) is 18.5 Å². The highest BCUT2D eigenvalue weighted by Crippen LogP contribution is 2.38. The Labute approximate surface area is 386 Å². The van der Waals surface area contributed by atoms with Gasteiger partial charge in [-0.3, -0.25) is 9.36 Å². The second-order valence-corrected chi connectivity index (χ2v) is 21.1. The van der Waals surface area contributed by atoms with E-state index in [2.05, 4.69) is 13.8 Å². The number of quaternary nitrogens is 1. The number of phosphoric acid groups is 1. The molecule has 0 aromatic heterocycles. The molecular weight excluding hydrogens is 794 g/mol. The summed E-state index contributed by atoms with van der Waals surface area (Å²) >= 11 is 0. The molecule has 0 spiro atoms. The van der Waals surface area contributed by atoms with Crippen molar-refractivity contribution in [1.29, 1.82) is 0 Å². The topological polar surface area (TPSA) is 94.1 Å². The van der Waals surface area contributed by atoms with Crippen molar-refractivity contribution in [3.8, 4) is 0 Å². The number of ether oxygens (including phenoxy) is 2. The molecular formula is C53H106NO7P. The van der Waals surface area contributed by atoms with Gasteiger partial charge in [0.2, 0.25) is 0 Å². The van der Waals surface area contributed by atoms with Gasteiger partial charge in [0, 0.05) is 6.42 Å². The fraction of sp³-hybridized carbons (Fsp3) is 0.943. The third-order valence-corrected chi connectivity index (χ3v) is 13.1. The van der Waals surface area contributed by atoms with Gasteiger partial charge in [0.15, 0.2) is 6.10 Å². The SMILES string of the molecule is CCCCCCCCCCCCCCCCCC/C=C/OC[C@H](COP(=O)([O-])OCC[N+](C)(C)C)OC(=O)CCCCCCCCCCCCCCCCCCCCCCCC. The summed E-state index contributed by atoms with van der Waals surface area (Å²) in [6.07, 6.45) is 54.8. The largest absolute Gasteiger partial charge is 0.756 e. The quantitative estimate of drug-likeness (QED) is 0.0197. The Morgan fingerprint density at radius 3 is 1.19 bits per heavy atom. The zero-order valence-corrected chi connectivity index (χ0v) is 43.0. The maximum absolute atomic E-state index is 12.7. The van der Waals surface area contributed by atoms with Gasteiger partial charge in [0.25, 0.3) is 7.82 Å². The summed E-state index contributed by atoms with van der Waals surface area (Å²) < 4.78 is 34.5. The molecule has 1 unspecified atom stereocenters. The van der Waals surface area contributed by atoms with Crippen LogP contribution in [0.2, 0.25) is 0 Å². The third-order valence-electron chi connectivity index (χ3n) is 12.2. The number of hydrogen-bond donors (Lipinski definition) is 0. The first-order chi connectivity index (χ1) is 30.1. The van der Waals surface area contributed by atoms with Crippen LogP contribution in [0.15, 0.2) is 12.3 Å². The van der Waals surface area contributed by atoms with Crippen molar-refractivity contribution >= 4 is 13.8 Å². The van der Waals surface area contributed by atoms with Gasteiger partial charge in [-0.05, 0) is 25.3 Å². The normalized spacial score (nSPS) is 13.5. The molecule has 0 saturated heterocycles. The molecule has 0 fully saturated rings. The molecule has 0 saturated carbocycles. The Bertz CT molecular complexity index is 1000. The van der Waals surface area contributed by atoms with E-state index in [1.165, 1.54) is 218 Å². The average molecular weight is 900 g/mol. The lowest BCUT2D eigenvalue weighted by atomic mass is 10.0. The van der Waals surface area contributed by atoms with Crippen molar-refractivity contribution in [2.24, 2.45) is 0 Å². The van der Waals surface area contributed by atoms with Crippen LogP contribution in [-0.4, -0.2) is 64.1 Å². The lowest BCUT2D eigenvalue weighted by Gasteiger charge is -2.28. The molecule has 0 heterocycles. The molecule has 0 bridgehead atoms. The molecule has 8 nitrogen and oxygen atoms in total. The van der Waals surface area contributed by atoms with Crippen LogP contribution in [-0.2, 0) is 27.9 Å². The maximum atomic E-state index is 12.7. The van der Waals surface area contributed by atoms with Gasteiger partial charge in [-0.2, -0.15) is 0 Å². The van der Waals surface area contributed by atoms with Gasteiger partial charge in [-0.15, -0.1) is 0 Å². The summed E-state index contributed by atoms with van der Waals surface area (Å²) in [6.45, 7) is 4.80. The van der Waals surface area contributed by atoms with Crippen LogP contribution in [0.1, 0.15) is 271 Å². The lowest BCUT2D eigenvalue weighted by Crippen LogP contribution is -2.37. The first-order valence-electron chi connectivity index (χ1n) is 27.0. The van der Waals surface area contributed by atoms with Crippen LogP contribution >= 0.6 is 7.82 Å². The Kier molecular flexibility index (Phi) is 45.9. The fourth-order valence-electron chi connectivity index (χ4n) is 7.99. The number of phosphoric ester groups is 1. The van der Waals surface area contributed by atoms with Crippen molar-refractivity contribution in [3.63, 3.8) is 0 Å². The minimum atomic E-state index is -4.54. The molecule has 0 radical (unpaired) electrons. The molecule has 0 rings (SSSR count). The number of carbonyl (C=O) groups is 1. The molecule has 0 N–H and O–H groups in total. The first kappa shape index (κ1) is 61.1. The second-order valence-electron chi connectivity index (χ2n) is 19.7. The molecule has 0 aliphatic heterocycles. The van der Waals surface area contributed by atoms with Crippen molar-refractivity contribution in [1.82, 2.24) is 0 Å². The molecule has 0 aliphatic carbocycles. The maximum Gasteiger partial charge on any atom is 0.306 e.